The third-order valence-corrected chi connectivity index (χ3v) is 2.81. The SMILES string of the molecule is O=C1CCC(c2nc(Cl)cc(C(F)(F)F)n2)C1. The molecular weight excluding hydrogens is 257 g/mol. The summed E-state index contributed by atoms with van der Waals surface area (Å²) in [5.41, 5.74) is -1.06. The summed E-state index contributed by atoms with van der Waals surface area (Å²) in [4.78, 5) is 18.3. The van der Waals surface area contributed by atoms with Gasteiger partial charge >= 0.3 is 6.18 Å². The summed E-state index contributed by atoms with van der Waals surface area (Å²) in [5, 5.41) is -0.248. The Morgan fingerprint density at radius 1 is 1.35 bits per heavy atom. The molecule has 0 aromatic carbocycles. The number of ketones is 1. The van der Waals surface area contributed by atoms with Crippen molar-refractivity contribution in [1.82, 2.24) is 9.97 Å². The lowest BCUT2D eigenvalue weighted by atomic mass is 10.1. The summed E-state index contributed by atoms with van der Waals surface area (Å²) in [6, 6.07) is 0.682. The van der Waals surface area contributed by atoms with Crippen molar-refractivity contribution in [3.63, 3.8) is 0 Å². The molecule has 1 unspecified atom stereocenters. The monoisotopic (exact) mass is 264 g/mol. The van der Waals surface area contributed by atoms with Gasteiger partial charge in [0.05, 0.1) is 0 Å². The molecule has 0 saturated heterocycles. The number of carbonyl (C=O) groups is 1. The smallest absolute Gasteiger partial charge is 0.300 e. The van der Waals surface area contributed by atoms with Crippen LogP contribution >= 0.6 is 11.6 Å². The van der Waals surface area contributed by atoms with Crippen LogP contribution < -0.4 is 0 Å². The highest BCUT2D eigenvalue weighted by atomic mass is 35.5. The van der Waals surface area contributed by atoms with E-state index in [1.165, 1.54) is 0 Å². The van der Waals surface area contributed by atoms with Crippen molar-refractivity contribution in [1.29, 1.82) is 0 Å². The van der Waals surface area contributed by atoms with Crippen LogP contribution in [0.3, 0.4) is 0 Å². The molecule has 0 bridgehead atoms. The number of aromatic nitrogens is 2. The summed E-state index contributed by atoms with van der Waals surface area (Å²) >= 11 is 5.53. The van der Waals surface area contributed by atoms with Gasteiger partial charge in [-0.15, -0.1) is 0 Å². The van der Waals surface area contributed by atoms with Crippen LogP contribution in [0.15, 0.2) is 6.07 Å². The first kappa shape index (κ1) is 12.3. The predicted octanol–water partition coefficient (Wildman–Crippen LogP) is 2.99. The molecule has 0 spiro atoms. The average Bonchev–Trinajstić information content (AvgIpc) is 2.62. The van der Waals surface area contributed by atoms with Gasteiger partial charge in [0.15, 0.2) is 0 Å². The minimum atomic E-state index is -4.55. The van der Waals surface area contributed by atoms with E-state index in [1.54, 1.807) is 0 Å². The van der Waals surface area contributed by atoms with Gasteiger partial charge in [0.2, 0.25) is 0 Å². The van der Waals surface area contributed by atoms with Crippen molar-refractivity contribution >= 4 is 17.4 Å². The van der Waals surface area contributed by atoms with E-state index in [1.807, 2.05) is 0 Å². The zero-order valence-corrected chi connectivity index (χ0v) is 9.35. The number of rotatable bonds is 1. The molecule has 1 aromatic rings. The maximum absolute atomic E-state index is 12.5. The quantitative estimate of drug-likeness (QED) is 0.733. The molecule has 2 rings (SSSR count). The second-order valence-corrected chi connectivity index (χ2v) is 4.30. The molecule has 17 heavy (non-hydrogen) atoms. The van der Waals surface area contributed by atoms with Gasteiger partial charge in [-0.3, -0.25) is 4.79 Å². The first-order valence-corrected chi connectivity index (χ1v) is 5.37. The highest BCUT2D eigenvalue weighted by Crippen LogP contribution is 2.34. The fourth-order valence-electron chi connectivity index (χ4n) is 1.80. The molecule has 1 atom stereocenters. The second kappa shape index (κ2) is 4.25. The molecule has 92 valence electrons. The number of hydrogen-bond acceptors (Lipinski definition) is 3. The van der Waals surface area contributed by atoms with Gasteiger partial charge in [-0.05, 0) is 6.42 Å². The third-order valence-electron chi connectivity index (χ3n) is 2.61. The van der Waals surface area contributed by atoms with E-state index in [-0.39, 0.29) is 29.1 Å². The van der Waals surface area contributed by atoms with Crippen molar-refractivity contribution in [2.24, 2.45) is 0 Å². The van der Waals surface area contributed by atoms with E-state index in [4.69, 9.17) is 11.6 Å². The second-order valence-electron chi connectivity index (χ2n) is 3.91. The Morgan fingerprint density at radius 3 is 2.59 bits per heavy atom. The molecule has 1 aliphatic rings. The highest BCUT2D eigenvalue weighted by Gasteiger charge is 2.35. The first-order valence-electron chi connectivity index (χ1n) is 4.99. The van der Waals surface area contributed by atoms with E-state index in [0.717, 1.165) is 0 Å². The van der Waals surface area contributed by atoms with Crippen molar-refractivity contribution < 1.29 is 18.0 Å². The van der Waals surface area contributed by atoms with Gasteiger partial charge in [-0.2, -0.15) is 13.2 Å². The Morgan fingerprint density at radius 2 is 2.06 bits per heavy atom. The molecule has 1 aromatic heterocycles. The maximum Gasteiger partial charge on any atom is 0.433 e. The van der Waals surface area contributed by atoms with Crippen LogP contribution in [0.4, 0.5) is 13.2 Å². The third kappa shape index (κ3) is 2.74. The summed E-state index contributed by atoms with van der Waals surface area (Å²) in [6.07, 6.45) is -3.51. The Balaban J connectivity index is 2.35. The Hall–Kier alpha value is -1.17. The zero-order valence-electron chi connectivity index (χ0n) is 8.59. The van der Waals surface area contributed by atoms with Gasteiger partial charge < -0.3 is 0 Å². The maximum atomic E-state index is 12.5. The predicted molar refractivity (Wildman–Crippen MR) is 53.6 cm³/mol. The fourth-order valence-corrected chi connectivity index (χ4v) is 1.99. The molecular formula is C10H8ClF3N2O. The Labute approximate surface area is 100 Å². The van der Waals surface area contributed by atoms with Crippen molar-refractivity contribution in [2.45, 2.75) is 31.4 Å². The summed E-state index contributed by atoms with van der Waals surface area (Å²) in [5.74, 6) is -0.315. The van der Waals surface area contributed by atoms with Gasteiger partial charge in [0, 0.05) is 24.8 Å². The Kier molecular flexibility index (Phi) is 3.07. The van der Waals surface area contributed by atoms with E-state index >= 15 is 0 Å². The van der Waals surface area contributed by atoms with Crippen LogP contribution in [0.25, 0.3) is 0 Å². The number of carbonyl (C=O) groups excluding carboxylic acids is 1. The lowest BCUT2D eigenvalue weighted by Crippen LogP contribution is -2.12. The molecule has 0 aliphatic heterocycles. The molecule has 3 nitrogen and oxygen atoms in total. The topological polar surface area (TPSA) is 42.9 Å². The van der Waals surface area contributed by atoms with Crippen LogP contribution in [0, 0.1) is 0 Å². The molecule has 1 fully saturated rings. The minimum absolute atomic E-state index is 0.00988. The molecule has 0 N–H and O–H groups in total. The van der Waals surface area contributed by atoms with Crippen molar-refractivity contribution in [3.05, 3.63) is 22.7 Å². The van der Waals surface area contributed by atoms with Gasteiger partial charge in [0.1, 0.15) is 22.5 Å². The standard InChI is InChI=1S/C10H8ClF3N2O/c11-8-4-7(10(12,13)14)15-9(16-8)5-1-2-6(17)3-5/h4-5H,1-3H2. The average molecular weight is 265 g/mol. The van der Waals surface area contributed by atoms with Gasteiger partial charge in [-0.25, -0.2) is 9.97 Å². The van der Waals surface area contributed by atoms with Crippen LogP contribution in [-0.2, 0) is 11.0 Å². The van der Waals surface area contributed by atoms with E-state index < -0.39 is 11.9 Å². The number of nitrogens with zero attached hydrogens (tertiary/aromatic N) is 2. The molecule has 1 aliphatic carbocycles. The molecule has 0 radical (unpaired) electrons. The highest BCUT2D eigenvalue weighted by molar-refractivity contribution is 6.29. The van der Waals surface area contributed by atoms with Crippen LogP contribution in [0.5, 0.6) is 0 Å². The minimum Gasteiger partial charge on any atom is -0.300 e. The van der Waals surface area contributed by atoms with Crippen LogP contribution in [0.1, 0.15) is 36.7 Å². The van der Waals surface area contributed by atoms with E-state index in [0.29, 0.717) is 18.9 Å². The van der Waals surface area contributed by atoms with Crippen LogP contribution in [-0.4, -0.2) is 15.8 Å². The van der Waals surface area contributed by atoms with E-state index in [9.17, 15) is 18.0 Å². The normalized spacial score (nSPS) is 20.9. The Bertz CT molecular complexity index is 461. The number of Topliss-reactive ketones (excluding diaryl/α,β-unsaturated/α-hetero) is 1. The van der Waals surface area contributed by atoms with Gasteiger partial charge in [-0.1, -0.05) is 11.6 Å². The fraction of sp³-hybridized carbons (Fsp3) is 0.500. The number of halogens is 4. The zero-order chi connectivity index (χ0) is 12.6. The molecule has 0 amide bonds. The molecule has 1 heterocycles. The van der Waals surface area contributed by atoms with Crippen molar-refractivity contribution in [3.8, 4) is 0 Å². The van der Waals surface area contributed by atoms with Gasteiger partial charge in [0.25, 0.3) is 0 Å². The van der Waals surface area contributed by atoms with E-state index in [2.05, 4.69) is 9.97 Å². The number of hydrogen-bond donors (Lipinski definition) is 0. The summed E-state index contributed by atoms with van der Waals surface area (Å²) in [7, 11) is 0. The summed E-state index contributed by atoms with van der Waals surface area (Å²) < 4.78 is 37.5. The number of alkyl halides is 3. The molecule has 1 saturated carbocycles. The van der Waals surface area contributed by atoms with Crippen molar-refractivity contribution in [2.75, 3.05) is 0 Å². The first-order chi connectivity index (χ1) is 7.86. The largest absolute Gasteiger partial charge is 0.433 e. The lowest BCUT2D eigenvalue weighted by Gasteiger charge is -2.11. The van der Waals surface area contributed by atoms with Crippen LogP contribution in [0.2, 0.25) is 5.15 Å². The lowest BCUT2D eigenvalue weighted by molar-refractivity contribution is -0.141. The molecule has 7 heteroatoms. The summed E-state index contributed by atoms with van der Waals surface area (Å²) in [6.45, 7) is 0.